The highest BCUT2D eigenvalue weighted by molar-refractivity contribution is 5.41. The van der Waals surface area contributed by atoms with Crippen molar-refractivity contribution in [2.75, 3.05) is 18.5 Å². The quantitative estimate of drug-likeness (QED) is 0.906. The van der Waals surface area contributed by atoms with E-state index >= 15 is 0 Å². The van der Waals surface area contributed by atoms with Gasteiger partial charge >= 0.3 is 6.18 Å². The van der Waals surface area contributed by atoms with E-state index in [0.717, 1.165) is 12.1 Å². The zero-order chi connectivity index (χ0) is 13.3. The van der Waals surface area contributed by atoms with Crippen LogP contribution in [0.2, 0.25) is 0 Å². The maximum absolute atomic E-state index is 12.5. The van der Waals surface area contributed by atoms with Crippen molar-refractivity contribution in [2.24, 2.45) is 5.92 Å². The first-order valence-electron chi connectivity index (χ1n) is 5.78. The molecule has 0 saturated heterocycles. The van der Waals surface area contributed by atoms with Crippen LogP contribution < -0.4 is 4.90 Å². The van der Waals surface area contributed by atoms with Crippen molar-refractivity contribution in [3.05, 3.63) is 23.9 Å². The van der Waals surface area contributed by atoms with E-state index in [9.17, 15) is 13.2 Å². The predicted octanol–water partition coefficient (Wildman–Crippen LogP) is 2.31. The standard InChI is InChI=1S/C12H15F3N2O/c1-17(7-8-4-10(18)5-8)11-6-9(2-3-16-11)12(13,14)15/h2-3,6,8,10,18H,4-5,7H2,1H3. The summed E-state index contributed by atoms with van der Waals surface area (Å²) in [4.78, 5) is 5.65. The molecule has 1 fully saturated rings. The average Bonchev–Trinajstić information content (AvgIpc) is 2.26. The van der Waals surface area contributed by atoms with E-state index in [4.69, 9.17) is 5.11 Å². The van der Waals surface area contributed by atoms with E-state index in [2.05, 4.69) is 4.98 Å². The SMILES string of the molecule is CN(CC1CC(O)C1)c1cc(C(F)(F)F)ccn1. The number of halogens is 3. The molecule has 18 heavy (non-hydrogen) atoms. The van der Waals surface area contributed by atoms with Gasteiger partial charge in [-0.05, 0) is 30.9 Å². The molecule has 1 saturated carbocycles. The van der Waals surface area contributed by atoms with Crippen LogP contribution >= 0.6 is 0 Å². The van der Waals surface area contributed by atoms with E-state index in [1.165, 1.54) is 6.20 Å². The zero-order valence-corrected chi connectivity index (χ0v) is 9.98. The van der Waals surface area contributed by atoms with Gasteiger partial charge in [-0.1, -0.05) is 0 Å². The van der Waals surface area contributed by atoms with E-state index in [-0.39, 0.29) is 6.10 Å². The van der Waals surface area contributed by atoms with Crippen LogP contribution in [0.15, 0.2) is 18.3 Å². The van der Waals surface area contributed by atoms with Crippen LogP contribution in [0.25, 0.3) is 0 Å². The normalized spacial score (nSPS) is 23.6. The van der Waals surface area contributed by atoms with Crippen LogP contribution in [0.4, 0.5) is 19.0 Å². The second-order valence-electron chi connectivity index (χ2n) is 4.77. The number of aliphatic hydroxyl groups excluding tert-OH is 1. The van der Waals surface area contributed by atoms with Crippen LogP contribution in [0, 0.1) is 5.92 Å². The summed E-state index contributed by atoms with van der Waals surface area (Å²) >= 11 is 0. The third-order valence-corrected chi connectivity index (χ3v) is 3.21. The molecule has 1 N–H and O–H groups in total. The van der Waals surface area contributed by atoms with E-state index in [1.54, 1.807) is 11.9 Å². The summed E-state index contributed by atoms with van der Waals surface area (Å²) < 4.78 is 37.6. The van der Waals surface area contributed by atoms with Gasteiger partial charge in [0.25, 0.3) is 0 Å². The molecule has 0 amide bonds. The molecule has 3 nitrogen and oxygen atoms in total. The lowest BCUT2D eigenvalue weighted by atomic mass is 9.82. The second kappa shape index (κ2) is 4.76. The Morgan fingerprint density at radius 1 is 1.44 bits per heavy atom. The second-order valence-corrected chi connectivity index (χ2v) is 4.77. The van der Waals surface area contributed by atoms with Crippen LogP contribution in [-0.2, 0) is 6.18 Å². The van der Waals surface area contributed by atoms with Crippen LogP contribution in [0.5, 0.6) is 0 Å². The molecule has 0 atom stereocenters. The van der Waals surface area contributed by atoms with Crippen LogP contribution in [-0.4, -0.2) is 29.8 Å². The summed E-state index contributed by atoms with van der Waals surface area (Å²) in [5.41, 5.74) is -0.687. The summed E-state index contributed by atoms with van der Waals surface area (Å²) in [5, 5.41) is 9.17. The van der Waals surface area contributed by atoms with Crippen LogP contribution in [0.3, 0.4) is 0 Å². The van der Waals surface area contributed by atoms with Gasteiger partial charge in [0.15, 0.2) is 0 Å². The average molecular weight is 260 g/mol. The Kier molecular flexibility index (Phi) is 3.47. The monoisotopic (exact) mass is 260 g/mol. The largest absolute Gasteiger partial charge is 0.416 e. The first-order valence-corrected chi connectivity index (χ1v) is 5.78. The Labute approximate surface area is 103 Å². The van der Waals surface area contributed by atoms with Gasteiger partial charge in [0.1, 0.15) is 5.82 Å². The number of hydrogen-bond donors (Lipinski definition) is 1. The number of anilines is 1. The summed E-state index contributed by atoms with van der Waals surface area (Å²) in [6.07, 6.45) is -2.00. The lowest BCUT2D eigenvalue weighted by Crippen LogP contribution is -2.37. The molecule has 0 aliphatic heterocycles. The maximum atomic E-state index is 12.5. The number of hydrogen-bond acceptors (Lipinski definition) is 3. The minimum atomic E-state index is -4.34. The van der Waals surface area contributed by atoms with Crippen molar-refractivity contribution in [3.63, 3.8) is 0 Å². The minimum absolute atomic E-state index is 0.252. The van der Waals surface area contributed by atoms with Gasteiger partial charge in [-0.25, -0.2) is 4.98 Å². The fourth-order valence-corrected chi connectivity index (χ4v) is 2.13. The zero-order valence-electron chi connectivity index (χ0n) is 9.98. The number of aliphatic hydroxyl groups is 1. The molecular weight excluding hydrogens is 245 g/mol. The Morgan fingerprint density at radius 3 is 2.67 bits per heavy atom. The fourth-order valence-electron chi connectivity index (χ4n) is 2.13. The van der Waals surface area contributed by atoms with Gasteiger partial charge in [0.2, 0.25) is 0 Å². The Hall–Kier alpha value is -1.30. The van der Waals surface area contributed by atoms with Gasteiger partial charge in [-0.15, -0.1) is 0 Å². The third kappa shape index (κ3) is 2.93. The minimum Gasteiger partial charge on any atom is -0.393 e. The molecule has 1 heterocycles. The molecule has 0 radical (unpaired) electrons. The van der Waals surface area contributed by atoms with Gasteiger partial charge in [-0.2, -0.15) is 13.2 Å². The first kappa shape index (κ1) is 13.1. The highest BCUT2D eigenvalue weighted by Crippen LogP contribution is 2.32. The molecule has 0 aromatic carbocycles. The fraction of sp³-hybridized carbons (Fsp3) is 0.583. The van der Waals surface area contributed by atoms with E-state index in [1.807, 2.05) is 0 Å². The van der Waals surface area contributed by atoms with Crippen molar-refractivity contribution < 1.29 is 18.3 Å². The van der Waals surface area contributed by atoms with Crippen molar-refractivity contribution in [1.29, 1.82) is 0 Å². The Bertz CT molecular complexity index is 416. The van der Waals surface area contributed by atoms with Crippen molar-refractivity contribution >= 4 is 5.82 Å². The van der Waals surface area contributed by atoms with Gasteiger partial charge in [-0.3, -0.25) is 0 Å². The van der Waals surface area contributed by atoms with Crippen molar-refractivity contribution in [1.82, 2.24) is 4.98 Å². The lowest BCUT2D eigenvalue weighted by Gasteiger charge is -2.34. The molecule has 100 valence electrons. The molecule has 2 rings (SSSR count). The third-order valence-electron chi connectivity index (χ3n) is 3.21. The highest BCUT2D eigenvalue weighted by atomic mass is 19.4. The molecule has 0 unspecified atom stereocenters. The van der Waals surface area contributed by atoms with Gasteiger partial charge in [0.05, 0.1) is 11.7 Å². The summed E-state index contributed by atoms with van der Waals surface area (Å²) in [6.45, 7) is 0.616. The Balaban J connectivity index is 2.03. The van der Waals surface area contributed by atoms with Gasteiger partial charge < -0.3 is 10.0 Å². The smallest absolute Gasteiger partial charge is 0.393 e. The molecule has 1 aliphatic rings. The highest BCUT2D eigenvalue weighted by Gasteiger charge is 2.32. The number of alkyl halides is 3. The molecule has 6 heteroatoms. The number of aromatic nitrogens is 1. The topological polar surface area (TPSA) is 36.4 Å². The molecule has 0 bridgehead atoms. The lowest BCUT2D eigenvalue weighted by molar-refractivity contribution is -0.137. The van der Waals surface area contributed by atoms with E-state index in [0.29, 0.717) is 31.1 Å². The van der Waals surface area contributed by atoms with Crippen molar-refractivity contribution in [2.45, 2.75) is 25.1 Å². The van der Waals surface area contributed by atoms with E-state index < -0.39 is 11.7 Å². The summed E-state index contributed by atoms with van der Waals surface area (Å²) in [5.74, 6) is 0.646. The van der Waals surface area contributed by atoms with Crippen molar-refractivity contribution in [3.8, 4) is 0 Å². The molecular formula is C12H15F3N2O. The van der Waals surface area contributed by atoms with Crippen LogP contribution in [0.1, 0.15) is 18.4 Å². The number of nitrogens with zero attached hydrogens (tertiary/aromatic N) is 2. The Morgan fingerprint density at radius 2 is 2.11 bits per heavy atom. The molecule has 0 spiro atoms. The maximum Gasteiger partial charge on any atom is 0.416 e. The molecule has 1 aromatic rings. The molecule has 1 aromatic heterocycles. The number of rotatable bonds is 3. The summed E-state index contributed by atoms with van der Waals surface area (Å²) in [6, 6.07) is 2.01. The predicted molar refractivity (Wildman–Crippen MR) is 61.2 cm³/mol. The molecule has 1 aliphatic carbocycles. The van der Waals surface area contributed by atoms with Gasteiger partial charge in [0, 0.05) is 19.8 Å². The number of pyridine rings is 1. The first-order chi connectivity index (χ1) is 8.36. The summed E-state index contributed by atoms with van der Waals surface area (Å²) in [7, 11) is 1.72.